The number of carbonyl (C=O) groups excluding carboxylic acids is 2. The Morgan fingerprint density at radius 3 is 2.61 bits per heavy atom. The summed E-state index contributed by atoms with van der Waals surface area (Å²) in [5, 5.41) is 0. The zero-order valence-corrected chi connectivity index (χ0v) is 10.5. The Hall–Kier alpha value is -1.91. The summed E-state index contributed by atoms with van der Waals surface area (Å²) < 4.78 is 9.64. The Balaban J connectivity index is 2.67. The normalized spacial score (nSPS) is 17.2. The second kappa shape index (κ2) is 4.08. The van der Waals surface area contributed by atoms with E-state index in [-0.39, 0.29) is 28.1 Å². The topological polar surface area (TPSA) is 73.6 Å². The molecule has 96 valence electrons. The number of methoxy groups -OCH3 is 1. The molecule has 0 N–H and O–H groups in total. The van der Waals surface area contributed by atoms with Crippen molar-refractivity contribution in [1.29, 1.82) is 0 Å². The Morgan fingerprint density at radius 1 is 1.33 bits per heavy atom. The molecule has 1 aliphatic rings. The van der Waals surface area contributed by atoms with Crippen molar-refractivity contribution in [2.75, 3.05) is 7.11 Å². The highest BCUT2D eigenvalue weighted by atomic mass is 16.5. The maximum Gasteiger partial charge on any atom is 0.338 e. The van der Waals surface area contributed by atoms with Crippen molar-refractivity contribution >= 4 is 11.8 Å². The minimum absolute atomic E-state index is 0.00394. The van der Waals surface area contributed by atoms with E-state index in [0.29, 0.717) is 12.8 Å². The van der Waals surface area contributed by atoms with Crippen molar-refractivity contribution in [3.05, 3.63) is 33.4 Å². The lowest BCUT2D eigenvalue weighted by atomic mass is 9.75. The number of fused-ring (bicyclic) bond motifs is 1. The Morgan fingerprint density at radius 2 is 2.00 bits per heavy atom. The van der Waals surface area contributed by atoms with Crippen LogP contribution in [0.3, 0.4) is 0 Å². The highest BCUT2D eigenvalue weighted by Crippen LogP contribution is 2.35. The van der Waals surface area contributed by atoms with E-state index in [4.69, 9.17) is 4.42 Å². The van der Waals surface area contributed by atoms with Crippen LogP contribution >= 0.6 is 0 Å². The average Bonchev–Trinajstić information content (AvgIpc) is 2.24. The zero-order chi connectivity index (χ0) is 13.5. The minimum Gasteiger partial charge on any atom is -0.465 e. The van der Waals surface area contributed by atoms with Gasteiger partial charge in [0.25, 0.3) is 0 Å². The molecule has 0 saturated heterocycles. The van der Waals surface area contributed by atoms with Gasteiger partial charge in [-0.2, -0.15) is 0 Å². The SMILES string of the molecule is COC(=O)c1cc(=O)oc2c1C(=O)CC(C)(C)C2. The lowest BCUT2D eigenvalue weighted by molar-refractivity contribution is 0.0591. The number of hydrogen-bond donors (Lipinski definition) is 0. The molecule has 1 aromatic rings. The van der Waals surface area contributed by atoms with E-state index in [0.717, 1.165) is 6.07 Å². The van der Waals surface area contributed by atoms with Gasteiger partial charge in [0, 0.05) is 18.9 Å². The van der Waals surface area contributed by atoms with Crippen LogP contribution in [0.15, 0.2) is 15.3 Å². The summed E-state index contributed by atoms with van der Waals surface area (Å²) in [6, 6.07) is 1.01. The second-order valence-corrected chi connectivity index (χ2v) is 5.21. The van der Waals surface area contributed by atoms with Crippen molar-refractivity contribution in [1.82, 2.24) is 0 Å². The Labute approximate surface area is 104 Å². The van der Waals surface area contributed by atoms with Gasteiger partial charge in [0.15, 0.2) is 5.78 Å². The van der Waals surface area contributed by atoms with Gasteiger partial charge in [-0.25, -0.2) is 9.59 Å². The van der Waals surface area contributed by atoms with Gasteiger partial charge in [0.1, 0.15) is 5.76 Å². The van der Waals surface area contributed by atoms with Crippen LogP contribution in [-0.2, 0) is 11.2 Å². The van der Waals surface area contributed by atoms with Crippen LogP contribution in [0.25, 0.3) is 0 Å². The van der Waals surface area contributed by atoms with E-state index >= 15 is 0 Å². The van der Waals surface area contributed by atoms with Gasteiger partial charge in [-0.1, -0.05) is 13.8 Å². The van der Waals surface area contributed by atoms with Gasteiger partial charge >= 0.3 is 11.6 Å². The molecule has 0 radical (unpaired) electrons. The molecule has 0 amide bonds. The van der Waals surface area contributed by atoms with E-state index < -0.39 is 11.6 Å². The van der Waals surface area contributed by atoms with Crippen molar-refractivity contribution in [3.63, 3.8) is 0 Å². The van der Waals surface area contributed by atoms with Crippen LogP contribution in [0.4, 0.5) is 0 Å². The van der Waals surface area contributed by atoms with Gasteiger partial charge < -0.3 is 9.15 Å². The molecule has 0 atom stereocenters. The van der Waals surface area contributed by atoms with Crippen LogP contribution in [0.1, 0.15) is 46.7 Å². The molecular weight excluding hydrogens is 236 g/mol. The molecule has 0 aliphatic heterocycles. The molecule has 1 heterocycles. The standard InChI is InChI=1S/C13H14O5/c1-13(2)5-8(14)11-7(12(16)17-3)4-10(15)18-9(11)6-13/h4H,5-6H2,1-3H3. The number of hydrogen-bond acceptors (Lipinski definition) is 5. The molecule has 2 rings (SSSR count). The van der Waals surface area contributed by atoms with Crippen LogP contribution in [0.2, 0.25) is 0 Å². The van der Waals surface area contributed by atoms with Gasteiger partial charge in [0.2, 0.25) is 0 Å². The number of rotatable bonds is 1. The fourth-order valence-corrected chi connectivity index (χ4v) is 2.26. The zero-order valence-electron chi connectivity index (χ0n) is 10.5. The molecule has 1 aromatic heterocycles. The maximum absolute atomic E-state index is 12.1. The highest BCUT2D eigenvalue weighted by molar-refractivity contribution is 6.07. The second-order valence-electron chi connectivity index (χ2n) is 5.21. The number of ketones is 1. The fourth-order valence-electron chi connectivity index (χ4n) is 2.26. The molecule has 1 aliphatic carbocycles. The predicted molar refractivity (Wildman–Crippen MR) is 62.8 cm³/mol. The number of carbonyl (C=O) groups is 2. The first-order valence-electron chi connectivity index (χ1n) is 5.62. The van der Waals surface area contributed by atoms with Gasteiger partial charge in [0.05, 0.1) is 18.2 Å². The third-order valence-electron chi connectivity index (χ3n) is 3.00. The van der Waals surface area contributed by atoms with Crippen LogP contribution in [0.5, 0.6) is 0 Å². The van der Waals surface area contributed by atoms with E-state index in [9.17, 15) is 14.4 Å². The van der Waals surface area contributed by atoms with E-state index in [1.807, 2.05) is 13.8 Å². The van der Waals surface area contributed by atoms with Crippen molar-refractivity contribution in [2.45, 2.75) is 26.7 Å². The molecule has 5 nitrogen and oxygen atoms in total. The van der Waals surface area contributed by atoms with Gasteiger partial charge in [-0.15, -0.1) is 0 Å². The molecule has 0 aromatic carbocycles. The van der Waals surface area contributed by atoms with Crippen molar-refractivity contribution < 1.29 is 18.7 Å². The molecule has 0 fully saturated rings. The Kier molecular flexibility index (Phi) is 2.84. The smallest absolute Gasteiger partial charge is 0.338 e. The molecule has 5 heteroatoms. The summed E-state index contributed by atoms with van der Waals surface area (Å²) in [7, 11) is 1.21. The third kappa shape index (κ3) is 2.08. The predicted octanol–water partition coefficient (Wildman–Crippen LogP) is 1.58. The number of ether oxygens (including phenoxy) is 1. The summed E-state index contributed by atoms with van der Waals surface area (Å²) in [4.78, 5) is 35.1. The monoisotopic (exact) mass is 250 g/mol. The van der Waals surface area contributed by atoms with E-state index in [2.05, 4.69) is 4.74 Å². The summed E-state index contributed by atoms with van der Waals surface area (Å²) in [5.74, 6) is -0.596. The first kappa shape index (κ1) is 12.5. The molecule has 0 spiro atoms. The molecule has 0 bridgehead atoms. The quantitative estimate of drug-likeness (QED) is 0.707. The summed E-state index contributed by atoms with van der Waals surface area (Å²) in [6.07, 6.45) is 0.770. The first-order chi connectivity index (χ1) is 8.34. The fraction of sp³-hybridized carbons (Fsp3) is 0.462. The van der Waals surface area contributed by atoms with Gasteiger partial charge in [-0.05, 0) is 5.41 Å². The molecule has 0 saturated carbocycles. The van der Waals surface area contributed by atoms with Crippen molar-refractivity contribution in [3.8, 4) is 0 Å². The average molecular weight is 250 g/mol. The largest absolute Gasteiger partial charge is 0.465 e. The summed E-state index contributed by atoms with van der Waals surface area (Å²) >= 11 is 0. The molecule has 18 heavy (non-hydrogen) atoms. The lowest BCUT2D eigenvalue weighted by Gasteiger charge is -2.29. The summed E-state index contributed by atoms with van der Waals surface area (Å²) in [5.41, 5.74) is -0.709. The Bertz CT molecular complexity index is 580. The van der Waals surface area contributed by atoms with E-state index in [1.54, 1.807) is 0 Å². The van der Waals surface area contributed by atoms with Crippen LogP contribution < -0.4 is 5.63 Å². The van der Waals surface area contributed by atoms with Crippen molar-refractivity contribution in [2.24, 2.45) is 5.41 Å². The lowest BCUT2D eigenvalue weighted by Crippen LogP contribution is -2.30. The molecule has 0 unspecified atom stereocenters. The number of Topliss-reactive ketones (excluding diaryl/α,β-unsaturated/α-hetero) is 1. The van der Waals surface area contributed by atoms with Gasteiger partial charge in [-0.3, -0.25) is 4.79 Å². The molecular formula is C13H14O5. The number of esters is 1. The minimum atomic E-state index is -0.688. The summed E-state index contributed by atoms with van der Waals surface area (Å²) in [6.45, 7) is 3.83. The highest BCUT2D eigenvalue weighted by Gasteiger charge is 2.36. The maximum atomic E-state index is 12.1. The van der Waals surface area contributed by atoms with E-state index in [1.165, 1.54) is 7.11 Å². The first-order valence-corrected chi connectivity index (χ1v) is 5.62. The van der Waals surface area contributed by atoms with Crippen LogP contribution in [0, 0.1) is 5.41 Å². The third-order valence-corrected chi connectivity index (χ3v) is 3.00. The van der Waals surface area contributed by atoms with Crippen LogP contribution in [-0.4, -0.2) is 18.9 Å².